The fraction of sp³-hybridized carbons (Fsp3) is 0.250. The van der Waals surface area contributed by atoms with Gasteiger partial charge in [-0.3, -0.25) is 5.84 Å². The Balaban J connectivity index is 2.10. The number of nitrogens with one attached hydrogen (secondary N) is 1. The van der Waals surface area contributed by atoms with Crippen molar-refractivity contribution in [2.45, 2.75) is 27.4 Å². The van der Waals surface area contributed by atoms with E-state index in [0.717, 1.165) is 11.4 Å². The Kier molecular flexibility index (Phi) is 4.07. The van der Waals surface area contributed by atoms with E-state index in [0.29, 0.717) is 6.61 Å². The molecule has 3 nitrogen and oxygen atoms in total. The van der Waals surface area contributed by atoms with Crippen molar-refractivity contribution in [3.8, 4) is 5.75 Å². The zero-order chi connectivity index (χ0) is 13.8. The fourth-order valence-corrected chi connectivity index (χ4v) is 2.24. The summed E-state index contributed by atoms with van der Waals surface area (Å²) in [5.41, 5.74) is 8.56. The summed E-state index contributed by atoms with van der Waals surface area (Å²) in [4.78, 5) is 0. The van der Waals surface area contributed by atoms with Crippen molar-refractivity contribution < 1.29 is 4.74 Å². The largest absolute Gasteiger partial charge is 0.489 e. The Morgan fingerprint density at radius 1 is 1.00 bits per heavy atom. The summed E-state index contributed by atoms with van der Waals surface area (Å²) in [6.07, 6.45) is 0. The van der Waals surface area contributed by atoms with Crippen molar-refractivity contribution in [1.29, 1.82) is 0 Å². The molecule has 0 saturated carbocycles. The summed E-state index contributed by atoms with van der Waals surface area (Å²) in [5, 5.41) is 0. The normalized spacial score (nSPS) is 10.3. The maximum Gasteiger partial charge on any atom is 0.119 e. The molecule has 2 rings (SSSR count). The molecule has 0 spiro atoms. The van der Waals surface area contributed by atoms with Gasteiger partial charge in [0, 0.05) is 5.69 Å². The third-order valence-corrected chi connectivity index (χ3v) is 3.24. The van der Waals surface area contributed by atoms with Gasteiger partial charge >= 0.3 is 0 Å². The van der Waals surface area contributed by atoms with Gasteiger partial charge < -0.3 is 10.2 Å². The van der Waals surface area contributed by atoms with Crippen LogP contribution in [0.15, 0.2) is 36.4 Å². The molecule has 100 valence electrons. The van der Waals surface area contributed by atoms with Crippen molar-refractivity contribution >= 4 is 5.69 Å². The maximum atomic E-state index is 5.82. The Labute approximate surface area is 114 Å². The lowest BCUT2D eigenvalue weighted by atomic mass is 10.0. The highest BCUT2D eigenvalue weighted by Gasteiger charge is 2.05. The summed E-state index contributed by atoms with van der Waals surface area (Å²) in [5.74, 6) is 6.17. The van der Waals surface area contributed by atoms with Crippen LogP contribution in [0.25, 0.3) is 0 Å². The molecule has 0 bridgehead atoms. The van der Waals surface area contributed by atoms with Crippen LogP contribution in [-0.4, -0.2) is 0 Å². The van der Waals surface area contributed by atoms with Crippen molar-refractivity contribution in [3.05, 3.63) is 58.7 Å². The van der Waals surface area contributed by atoms with Crippen LogP contribution in [0.4, 0.5) is 5.69 Å². The van der Waals surface area contributed by atoms with Gasteiger partial charge in [0.25, 0.3) is 0 Å². The predicted octanol–water partition coefficient (Wildman–Crippen LogP) is 3.48. The van der Waals surface area contributed by atoms with Crippen molar-refractivity contribution in [3.63, 3.8) is 0 Å². The van der Waals surface area contributed by atoms with Crippen LogP contribution in [-0.2, 0) is 6.61 Å². The second kappa shape index (κ2) is 5.76. The van der Waals surface area contributed by atoms with Crippen molar-refractivity contribution in [1.82, 2.24) is 0 Å². The number of rotatable bonds is 4. The Bertz CT molecular complexity index is 538. The van der Waals surface area contributed by atoms with E-state index in [4.69, 9.17) is 10.6 Å². The van der Waals surface area contributed by atoms with E-state index in [1.54, 1.807) is 0 Å². The number of aryl methyl sites for hydroxylation is 3. The third kappa shape index (κ3) is 3.26. The number of anilines is 1. The third-order valence-electron chi connectivity index (χ3n) is 3.24. The van der Waals surface area contributed by atoms with E-state index in [9.17, 15) is 0 Å². The van der Waals surface area contributed by atoms with Crippen LogP contribution < -0.4 is 16.0 Å². The number of benzene rings is 2. The van der Waals surface area contributed by atoms with E-state index in [1.165, 1.54) is 22.3 Å². The van der Waals surface area contributed by atoms with E-state index in [-0.39, 0.29) is 0 Å². The van der Waals surface area contributed by atoms with Crippen molar-refractivity contribution in [2.75, 3.05) is 5.43 Å². The monoisotopic (exact) mass is 256 g/mol. The molecule has 0 fully saturated rings. The molecule has 0 saturated heterocycles. The number of nitrogen functional groups attached to an aromatic ring is 1. The zero-order valence-corrected chi connectivity index (χ0v) is 11.7. The van der Waals surface area contributed by atoms with Gasteiger partial charge in [-0.1, -0.05) is 17.7 Å². The molecule has 0 aliphatic carbocycles. The molecule has 0 unspecified atom stereocenters. The molecule has 0 aliphatic rings. The fourth-order valence-electron chi connectivity index (χ4n) is 2.24. The van der Waals surface area contributed by atoms with E-state index in [1.807, 2.05) is 24.3 Å². The Morgan fingerprint density at radius 2 is 1.58 bits per heavy atom. The van der Waals surface area contributed by atoms with Gasteiger partial charge in [0.2, 0.25) is 0 Å². The first-order valence-corrected chi connectivity index (χ1v) is 6.36. The first kappa shape index (κ1) is 13.4. The number of ether oxygens (including phenoxy) is 1. The summed E-state index contributed by atoms with van der Waals surface area (Å²) < 4.78 is 5.82. The molecule has 0 aromatic heterocycles. The lowest BCUT2D eigenvalue weighted by molar-refractivity contribution is 0.304. The standard InChI is InChI=1S/C16H20N2O/c1-11-8-12(2)16(13(3)9-11)10-19-15-6-4-14(18-17)5-7-15/h4-9,18H,10,17H2,1-3H3. The van der Waals surface area contributed by atoms with Gasteiger partial charge in [-0.25, -0.2) is 0 Å². The van der Waals surface area contributed by atoms with Crippen LogP contribution in [0.5, 0.6) is 5.75 Å². The van der Waals surface area contributed by atoms with Crippen LogP contribution in [0.1, 0.15) is 22.3 Å². The van der Waals surface area contributed by atoms with Gasteiger partial charge in [-0.15, -0.1) is 0 Å². The predicted molar refractivity (Wildman–Crippen MR) is 79.2 cm³/mol. The first-order valence-electron chi connectivity index (χ1n) is 6.36. The highest BCUT2D eigenvalue weighted by atomic mass is 16.5. The van der Waals surface area contributed by atoms with Crippen LogP contribution in [0.3, 0.4) is 0 Å². The maximum absolute atomic E-state index is 5.82. The minimum atomic E-state index is 0.591. The second-order valence-electron chi connectivity index (χ2n) is 4.83. The number of hydrogen-bond acceptors (Lipinski definition) is 3. The second-order valence-corrected chi connectivity index (χ2v) is 4.83. The molecule has 0 heterocycles. The topological polar surface area (TPSA) is 47.3 Å². The van der Waals surface area contributed by atoms with Gasteiger partial charge in [-0.05, 0) is 61.7 Å². The number of hydrogen-bond donors (Lipinski definition) is 2. The van der Waals surface area contributed by atoms with E-state index < -0.39 is 0 Å². The Hall–Kier alpha value is -2.00. The summed E-state index contributed by atoms with van der Waals surface area (Å²) in [6, 6.07) is 12.0. The van der Waals surface area contributed by atoms with Gasteiger partial charge in [0.1, 0.15) is 12.4 Å². The lowest BCUT2D eigenvalue weighted by Crippen LogP contribution is -2.06. The van der Waals surface area contributed by atoms with Gasteiger partial charge in [0.05, 0.1) is 0 Å². The molecule has 19 heavy (non-hydrogen) atoms. The molecule has 0 aliphatic heterocycles. The quantitative estimate of drug-likeness (QED) is 0.650. The average Bonchev–Trinajstić information content (AvgIpc) is 2.38. The minimum Gasteiger partial charge on any atom is -0.489 e. The zero-order valence-electron chi connectivity index (χ0n) is 11.7. The Morgan fingerprint density at radius 3 is 2.11 bits per heavy atom. The molecule has 2 aromatic carbocycles. The van der Waals surface area contributed by atoms with Crippen LogP contribution in [0.2, 0.25) is 0 Å². The molecule has 0 amide bonds. The van der Waals surface area contributed by atoms with Crippen molar-refractivity contribution in [2.24, 2.45) is 5.84 Å². The van der Waals surface area contributed by atoms with Crippen LogP contribution in [0, 0.1) is 20.8 Å². The van der Waals surface area contributed by atoms with Gasteiger partial charge in [-0.2, -0.15) is 0 Å². The molecule has 3 N–H and O–H groups in total. The average molecular weight is 256 g/mol. The summed E-state index contributed by atoms with van der Waals surface area (Å²) >= 11 is 0. The molecule has 2 aromatic rings. The minimum absolute atomic E-state index is 0.591. The number of nitrogens with two attached hydrogens (primary N) is 1. The smallest absolute Gasteiger partial charge is 0.119 e. The van der Waals surface area contributed by atoms with E-state index in [2.05, 4.69) is 38.3 Å². The molecular formula is C16H20N2O. The first-order chi connectivity index (χ1) is 9.10. The summed E-state index contributed by atoms with van der Waals surface area (Å²) in [7, 11) is 0. The number of hydrazine groups is 1. The summed E-state index contributed by atoms with van der Waals surface area (Å²) in [6.45, 7) is 6.96. The van der Waals surface area contributed by atoms with Gasteiger partial charge in [0.15, 0.2) is 0 Å². The lowest BCUT2D eigenvalue weighted by Gasteiger charge is -2.13. The molecular weight excluding hydrogens is 236 g/mol. The molecule has 0 radical (unpaired) electrons. The molecule has 3 heteroatoms. The van der Waals surface area contributed by atoms with Crippen LogP contribution >= 0.6 is 0 Å². The van der Waals surface area contributed by atoms with E-state index >= 15 is 0 Å². The highest BCUT2D eigenvalue weighted by molar-refractivity contribution is 5.45. The molecule has 0 atom stereocenters. The highest BCUT2D eigenvalue weighted by Crippen LogP contribution is 2.20. The SMILES string of the molecule is Cc1cc(C)c(COc2ccc(NN)cc2)c(C)c1.